The average Bonchev–Trinajstić information content (AvgIpc) is 4.16. The van der Waals surface area contributed by atoms with Crippen LogP contribution < -0.4 is 0 Å². The second kappa shape index (κ2) is 14.9. The van der Waals surface area contributed by atoms with Crippen molar-refractivity contribution in [3.05, 3.63) is 223 Å². The van der Waals surface area contributed by atoms with Crippen LogP contribution in [0.5, 0.6) is 0 Å². The van der Waals surface area contributed by atoms with Gasteiger partial charge in [0.25, 0.3) is 0 Å². The lowest BCUT2D eigenvalue weighted by molar-refractivity contribution is 1.14. The van der Waals surface area contributed by atoms with Crippen LogP contribution in [-0.4, -0.2) is 9.13 Å². The molecule has 14 rings (SSSR count). The highest BCUT2D eigenvalue weighted by atomic mass is 32.1. The van der Waals surface area contributed by atoms with E-state index in [1.165, 1.54) is 36.7 Å². The fourth-order valence-electron chi connectivity index (χ4n) is 11.0. The average molecular weight is 899 g/mol. The van der Waals surface area contributed by atoms with E-state index in [0.717, 1.165) is 86.5 Å². The van der Waals surface area contributed by atoms with Crippen molar-refractivity contribution in [2.75, 3.05) is 0 Å². The Labute approximate surface area is 398 Å². The fourth-order valence-corrected chi connectivity index (χ4v) is 13.6. The molecule has 0 radical (unpaired) electrons. The summed E-state index contributed by atoms with van der Waals surface area (Å²) < 4.78 is 9.45. The maximum atomic E-state index is 12.1. The summed E-state index contributed by atoms with van der Waals surface area (Å²) in [6.07, 6.45) is 0. The van der Waals surface area contributed by atoms with E-state index in [1.54, 1.807) is 11.3 Å². The van der Waals surface area contributed by atoms with Crippen LogP contribution >= 0.6 is 22.7 Å². The Balaban J connectivity index is 1.29. The molecule has 0 bridgehead atoms. The Morgan fingerprint density at radius 3 is 1.50 bits per heavy atom. The van der Waals surface area contributed by atoms with Crippen LogP contribution in [0.2, 0.25) is 0 Å². The molecule has 314 valence electrons. The van der Waals surface area contributed by atoms with Crippen LogP contribution in [0.25, 0.3) is 134 Å². The van der Waals surface area contributed by atoms with Gasteiger partial charge in [0.2, 0.25) is 5.69 Å². The Kier molecular flexibility index (Phi) is 8.42. The third-order valence-corrected chi connectivity index (χ3v) is 16.2. The van der Waals surface area contributed by atoms with Crippen molar-refractivity contribution < 1.29 is 0 Å². The summed E-state index contributed by atoms with van der Waals surface area (Å²) in [5.74, 6) is 0. The molecule has 0 saturated heterocycles. The SMILES string of the molecule is [C-]#[N+]c1c(-c2ccccc2)c(C#N)c(-n2c3c(ccc4c5ccccc5sc43)c3ccc4c5cccc(-c6ccccc6)c5sc4c32)c(-c2ccccc2)c1-n1c2ccccc2c2ccccc21. The molecule has 0 aliphatic heterocycles. The molecule has 14 aromatic rings. The van der Waals surface area contributed by atoms with Crippen molar-refractivity contribution in [3.63, 3.8) is 0 Å². The van der Waals surface area contributed by atoms with Crippen molar-refractivity contribution in [2.24, 2.45) is 0 Å². The van der Waals surface area contributed by atoms with Crippen LogP contribution in [0.4, 0.5) is 5.69 Å². The lowest BCUT2D eigenvalue weighted by Crippen LogP contribution is -2.09. The van der Waals surface area contributed by atoms with Gasteiger partial charge in [-0.05, 0) is 40.5 Å². The fraction of sp³-hybridized carbons (Fsp3) is 0. The highest BCUT2D eigenvalue weighted by molar-refractivity contribution is 7.27. The van der Waals surface area contributed by atoms with Gasteiger partial charge in [0, 0.05) is 63.6 Å². The van der Waals surface area contributed by atoms with Crippen molar-refractivity contribution >= 4 is 112 Å². The number of hydrogen-bond acceptors (Lipinski definition) is 3. The molecule has 0 spiro atoms. The number of nitrogens with zero attached hydrogens (tertiary/aromatic N) is 4. The summed E-state index contributed by atoms with van der Waals surface area (Å²) in [6, 6.07) is 75.5. The molecule has 0 aliphatic carbocycles. The molecule has 68 heavy (non-hydrogen) atoms. The molecule has 4 aromatic heterocycles. The Hall–Kier alpha value is -8.78. The molecule has 6 heteroatoms. The molecule has 0 unspecified atom stereocenters. The topological polar surface area (TPSA) is 38.0 Å². The molecule has 4 nitrogen and oxygen atoms in total. The summed E-state index contributed by atoms with van der Waals surface area (Å²) in [5, 5.41) is 21.2. The Bertz CT molecular complexity index is 4450. The number of para-hydroxylation sites is 2. The zero-order valence-electron chi connectivity index (χ0n) is 36.2. The van der Waals surface area contributed by atoms with Crippen molar-refractivity contribution in [1.29, 1.82) is 5.26 Å². The van der Waals surface area contributed by atoms with Gasteiger partial charge >= 0.3 is 0 Å². The highest BCUT2D eigenvalue weighted by Crippen LogP contribution is 2.55. The second-order valence-electron chi connectivity index (χ2n) is 17.3. The summed E-state index contributed by atoms with van der Waals surface area (Å²) >= 11 is 3.62. The van der Waals surface area contributed by atoms with E-state index in [1.807, 2.05) is 47.7 Å². The van der Waals surface area contributed by atoms with E-state index < -0.39 is 0 Å². The van der Waals surface area contributed by atoms with Gasteiger partial charge < -0.3 is 9.13 Å². The van der Waals surface area contributed by atoms with Crippen molar-refractivity contribution in [1.82, 2.24) is 9.13 Å². The van der Waals surface area contributed by atoms with E-state index in [0.29, 0.717) is 16.8 Å². The van der Waals surface area contributed by atoms with Crippen LogP contribution in [0.3, 0.4) is 0 Å². The van der Waals surface area contributed by atoms with Gasteiger partial charge in [-0.2, -0.15) is 5.26 Å². The highest BCUT2D eigenvalue weighted by Gasteiger charge is 2.33. The first kappa shape index (κ1) is 38.5. The smallest absolute Gasteiger partial charge is 0.220 e. The number of nitriles is 1. The van der Waals surface area contributed by atoms with Gasteiger partial charge in [0.15, 0.2) is 0 Å². The number of thiophene rings is 2. The standard InChI is InChI=1S/C62H34N4S2/c1-64-55-53(38-20-7-3-8-21-38)49(36-63)56(54(39-22-9-4-10-23-39)59(55)65-50-29-14-11-24-41(50)42-25-12-15-30-51(42)65)66-57-44(32-34-47-43-26-13-16-31-52(43)67-61(47)57)45-33-35-48-46-28-17-27-40(37-18-5-2-6-19-37)60(46)68-62(48)58(45)66/h2-35H. The minimum atomic E-state index is 0.425. The van der Waals surface area contributed by atoms with Crippen LogP contribution in [-0.2, 0) is 0 Å². The molecular weight excluding hydrogens is 865 g/mol. The van der Waals surface area contributed by atoms with E-state index >= 15 is 0 Å². The minimum absolute atomic E-state index is 0.425. The summed E-state index contributed by atoms with van der Waals surface area (Å²) in [7, 11) is 0. The molecule has 0 aliphatic rings. The molecule has 10 aromatic carbocycles. The maximum Gasteiger partial charge on any atom is 0.220 e. The summed E-state index contributed by atoms with van der Waals surface area (Å²) in [6.45, 7) is 9.26. The normalized spacial score (nSPS) is 11.8. The van der Waals surface area contributed by atoms with Gasteiger partial charge in [-0.25, -0.2) is 4.85 Å². The molecule has 4 heterocycles. The van der Waals surface area contributed by atoms with Crippen LogP contribution in [0.1, 0.15) is 5.56 Å². The Morgan fingerprint density at radius 1 is 0.397 bits per heavy atom. The zero-order chi connectivity index (χ0) is 45.0. The maximum absolute atomic E-state index is 12.1. The number of aromatic nitrogens is 2. The molecular formula is C62H34N4S2. The van der Waals surface area contributed by atoms with E-state index in [2.05, 4.69) is 190 Å². The monoisotopic (exact) mass is 898 g/mol. The third-order valence-electron chi connectivity index (χ3n) is 13.8. The predicted molar refractivity (Wildman–Crippen MR) is 288 cm³/mol. The molecule has 0 N–H and O–H groups in total. The molecule has 0 amide bonds. The van der Waals surface area contributed by atoms with E-state index in [4.69, 9.17) is 0 Å². The van der Waals surface area contributed by atoms with Crippen LogP contribution in [0, 0.1) is 17.9 Å². The lowest BCUT2D eigenvalue weighted by Gasteiger charge is -2.26. The van der Waals surface area contributed by atoms with Crippen LogP contribution in [0.15, 0.2) is 206 Å². The first-order valence-corrected chi connectivity index (χ1v) is 24.2. The van der Waals surface area contributed by atoms with Gasteiger partial charge in [-0.3, -0.25) is 0 Å². The molecule has 0 fully saturated rings. The third kappa shape index (κ3) is 5.33. The second-order valence-corrected chi connectivity index (χ2v) is 19.3. The molecule has 0 saturated carbocycles. The van der Waals surface area contributed by atoms with Crippen molar-refractivity contribution in [3.8, 4) is 50.8 Å². The van der Waals surface area contributed by atoms with Gasteiger partial charge in [0.1, 0.15) is 6.07 Å². The number of fused-ring (bicyclic) bond motifs is 14. The van der Waals surface area contributed by atoms with Gasteiger partial charge in [-0.1, -0.05) is 188 Å². The quantitative estimate of drug-likeness (QED) is 0.159. The predicted octanol–water partition coefficient (Wildman–Crippen LogP) is 18.0. The van der Waals surface area contributed by atoms with Gasteiger partial charge in [0.05, 0.1) is 55.0 Å². The number of benzene rings is 10. The largest absolute Gasteiger partial charge is 0.318 e. The van der Waals surface area contributed by atoms with Crippen molar-refractivity contribution in [2.45, 2.75) is 0 Å². The number of rotatable bonds is 5. The van der Waals surface area contributed by atoms with Gasteiger partial charge in [-0.15, -0.1) is 22.7 Å². The summed E-state index contributed by atoms with van der Waals surface area (Å²) in [5.41, 5.74) is 11.9. The molecule has 0 atom stereocenters. The Morgan fingerprint density at radius 2 is 0.882 bits per heavy atom. The minimum Gasteiger partial charge on any atom is -0.318 e. The summed E-state index contributed by atoms with van der Waals surface area (Å²) in [4.78, 5) is 4.53. The first-order valence-electron chi connectivity index (χ1n) is 22.6. The first-order chi connectivity index (χ1) is 33.7. The number of hydrogen-bond donors (Lipinski definition) is 0. The lowest BCUT2D eigenvalue weighted by atomic mass is 9.88. The zero-order valence-corrected chi connectivity index (χ0v) is 37.9. The van der Waals surface area contributed by atoms with E-state index in [-0.39, 0.29) is 0 Å². The van der Waals surface area contributed by atoms with E-state index in [9.17, 15) is 11.8 Å².